The lowest BCUT2D eigenvalue weighted by atomic mass is 10.3. The van der Waals surface area contributed by atoms with Gasteiger partial charge in [0.05, 0.1) is 10.6 Å². The number of rotatable bonds is 2. The van der Waals surface area contributed by atoms with Crippen LogP contribution in [0.25, 0.3) is 0 Å². The molecule has 4 nitrogen and oxygen atoms in total. The first-order valence-corrected chi connectivity index (χ1v) is 4.43. The van der Waals surface area contributed by atoms with Crippen molar-refractivity contribution in [3.63, 3.8) is 0 Å². The third-order valence-corrected chi connectivity index (χ3v) is 1.91. The molecule has 0 aliphatic rings. The van der Waals surface area contributed by atoms with Gasteiger partial charge in [0, 0.05) is 23.2 Å². The maximum Gasteiger partial charge on any atom is 0.273 e. The van der Waals surface area contributed by atoms with Crippen LogP contribution in [-0.2, 0) is 5.33 Å². The smallest absolute Gasteiger partial charge is 0.258 e. The summed E-state index contributed by atoms with van der Waals surface area (Å²) < 4.78 is 0. The van der Waals surface area contributed by atoms with E-state index in [2.05, 4.69) is 20.9 Å². The molecule has 0 aliphatic heterocycles. The van der Waals surface area contributed by atoms with E-state index in [1.165, 1.54) is 12.1 Å². The van der Waals surface area contributed by atoms with E-state index in [9.17, 15) is 10.1 Å². The normalized spacial score (nSPS) is 9.83. The van der Waals surface area contributed by atoms with Crippen molar-refractivity contribution in [1.82, 2.24) is 4.98 Å². The molecule has 64 valence electrons. The van der Waals surface area contributed by atoms with E-state index >= 15 is 0 Å². The van der Waals surface area contributed by atoms with Gasteiger partial charge in [-0.2, -0.15) is 0 Å². The third-order valence-electron chi connectivity index (χ3n) is 1.34. The van der Waals surface area contributed by atoms with Crippen LogP contribution in [0.15, 0.2) is 12.1 Å². The molecule has 0 N–H and O–H groups in total. The minimum atomic E-state index is -0.416. The quantitative estimate of drug-likeness (QED) is 0.445. The zero-order chi connectivity index (χ0) is 9.14. The van der Waals surface area contributed by atoms with E-state index in [1.54, 1.807) is 6.92 Å². The summed E-state index contributed by atoms with van der Waals surface area (Å²) in [6, 6.07) is 2.91. The Morgan fingerprint density at radius 1 is 1.67 bits per heavy atom. The summed E-state index contributed by atoms with van der Waals surface area (Å²) in [6.45, 7) is 1.74. The van der Waals surface area contributed by atoms with Gasteiger partial charge in [-0.3, -0.25) is 15.1 Å². The predicted octanol–water partition coefficient (Wildman–Crippen LogP) is 2.19. The first-order chi connectivity index (χ1) is 5.63. The lowest BCUT2D eigenvalue weighted by molar-refractivity contribution is -0.385. The Hall–Kier alpha value is -0.970. The minimum Gasteiger partial charge on any atom is -0.258 e. The van der Waals surface area contributed by atoms with Crippen LogP contribution in [-0.4, -0.2) is 9.91 Å². The standard InChI is InChI=1S/C7H7BrN2O2/c1-5-2-7(10(11)12)3-6(4-8)9-5/h2-3H,4H2,1H3. The van der Waals surface area contributed by atoms with E-state index in [0.29, 0.717) is 16.7 Å². The van der Waals surface area contributed by atoms with Gasteiger partial charge in [0.2, 0.25) is 0 Å². The molecule has 0 fully saturated rings. The van der Waals surface area contributed by atoms with Gasteiger partial charge in [0.15, 0.2) is 0 Å². The summed E-state index contributed by atoms with van der Waals surface area (Å²) in [5.74, 6) is 0. The molecule has 0 saturated heterocycles. The number of hydrogen-bond donors (Lipinski definition) is 0. The van der Waals surface area contributed by atoms with E-state index in [1.807, 2.05) is 0 Å². The lowest BCUT2D eigenvalue weighted by Crippen LogP contribution is -1.94. The van der Waals surface area contributed by atoms with Crippen molar-refractivity contribution in [2.24, 2.45) is 0 Å². The van der Waals surface area contributed by atoms with Crippen LogP contribution in [0, 0.1) is 17.0 Å². The van der Waals surface area contributed by atoms with E-state index in [-0.39, 0.29) is 5.69 Å². The van der Waals surface area contributed by atoms with Crippen molar-refractivity contribution in [1.29, 1.82) is 0 Å². The first kappa shape index (κ1) is 9.12. The maximum absolute atomic E-state index is 10.4. The van der Waals surface area contributed by atoms with Gasteiger partial charge >= 0.3 is 0 Å². The van der Waals surface area contributed by atoms with Crippen molar-refractivity contribution in [2.45, 2.75) is 12.3 Å². The highest BCUT2D eigenvalue weighted by molar-refractivity contribution is 9.08. The predicted molar refractivity (Wildman–Crippen MR) is 48.3 cm³/mol. The fourth-order valence-electron chi connectivity index (χ4n) is 0.891. The minimum absolute atomic E-state index is 0.0944. The fraction of sp³-hybridized carbons (Fsp3) is 0.286. The van der Waals surface area contributed by atoms with Gasteiger partial charge in [-0.05, 0) is 6.92 Å². The zero-order valence-corrected chi connectivity index (χ0v) is 8.04. The van der Waals surface area contributed by atoms with E-state index in [4.69, 9.17) is 0 Å². The second kappa shape index (κ2) is 3.62. The molecule has 1 heterocycles. The summed E-state index contributed by atoms with van der Waals surface area (Å²) in [4.78, 5) is 14.1. The Kier molecular flexibility index (Phi) is 2.75. The molecule has 0 bridgehead atoms. The lowest BCUT2D eigenvalue weighted by Gasteiger charge is -1.97. The number of hydrogen-bond acceptors (Lipinski definition) is 3. The van der Waals surface area contributed by atoms with Crippen molar-refractivity contribution >= 4 is 21.6 Å². The summed E-state index contributed by atoms with van der Waals surface area (Å²) in [6.07, 6.45) is 0. The average Bonchev–Trinajstić information content (AvgIpc) is 2.03. The summed E-state index contributed by atoms with van der Waals surface area (Å²) >= 11 is 3.19. The molecule has 1 rings (SSSR count). The molecule has 0 aromatic carbocycles. The van der Waals surface area contributed by atoms with Crippen LogP contribution >= 0.6 is 15.9 Å². The van der Waals surface area contributed by atoms with Gasteiger partial charge < -0.3 is 0 Å². The van der Waals surface area contributed by atoms with Crippen LogP contribution in [0.3, 0.4) is 0 Å². The highest BCUT2D eigenvalue weighted by Crippen LogP contribution is 2.15. The Morgan fingerprint density at radius 3 is 2.83 bits per heavy atom. The molecular formula is C7H7BrN2O2. The molecule has 0 atom stereocenters. The van der Waals surface area contributed by atoms with E-state index < -0.39 is 4.92 Å². The molecule has 0 saturated carbocycles. The van der Waals surface area contributed by atoms with Crippen molar-refractivity contribution in [2.75, 3.05) is 0 Å². The Balaban J connectivity index is 3.15. The molecule has 0 aliphatic carbocycles. The van der Waals surface area contributed by atoms with Crippen LogP contribution in [0.4, 0.5) is 5.69 Å². The Morgan fingerprint density at radius 2 is 2.33 bits per heavy atom. The molecule has 0 radical (unpaired) electrons. The van der Waals surface area contributed by atoms with Crippen LogP contribution in [0.1, 0.15) is 11.4 Å². The fourth-order valence-corrected chi connectivity index (χ4v) is 1.18. The van der Waals surface area contributed by atoms with Crippen LogP contribution < -0.4 is 0 Å². The van der Waals surface area contributed by atoms with E-state index in [0.717, 1.165) is 0 Å². The maximum atomic E-state index is 10.4. The third kappa shape index (κ3) is 2.01. The molecular weight excluding hydrogens is 224 g/mol. The molecule has 1 aromatic rings. The Labute approximate surface area is 77.9 Å². The second-order valence-electron chi connectivity index (χ2n) is 2.35. The molecule has 0 unspecified atom stereocenters. The van der Waals surface area contributed by atoms with Gasteiger partial charge in [0.1, 0.15) is 0 Å². The number of aryl methyl sites for hydroxylation is 1. The van der Waals surface area contributed by atoms with Crippen molar-refractivity contribution in [3.8, 4) is 0 Å². The van der Waals surface area contributed by atoms with Gasteiger partial charge in [0.25, 0.3) is 5.69 Å². The topological polar surface area (TPSA) is 56.0 Å². The molecule has 1 aromatic heterocycles. The molecule has 5 heteroatoms. The number of halogens is 1. The van der Waals surface area contributed by atoms with Gasteiger partial charge in [-0.15, -0.1) is 0 Å². The summed E-state index contributed by atoms with van der Waals surface area (Å²) in [7, 11) is 0. The number of pyridine rings is 1. The highest BCUT2D eigenvalue weighted by atomic mass is 79.9. The highest BCUT2D eigenvalue weighted by Gasteiger charge is 2.07. The van der Waals surface area contributed by atoms with Gasteiger partial charge in [-0.1, -0.05) is 15.9 Å². The SMILES string of the molecule is Cc1cc([N+](=O)[O-])cc(CBr)n1. The molecule has 12 heavy (non-hydrogen) atoms. The Bertz CT molecular complexity index is 314. The molecule has 0 spiro atoms. The summed E-state index contributed by atoms with van der Waals surface area (Å²) in [5.41, 5.74) is 1.44. The first-order valence-electron chi connectivity index (χ1n) is 3.31. The number of nitrogens with zero attached hydrogens (tertiary/aromatic N) is 2. The largest absolute Gasteiger partial charge is 0.273 e. The number of aromatic nitrogens is 1. The van der Waals surface area contributed by atoms with Crippen molar-refractivity contribution < 1.29 is 4.92 Å². The van der Waals surface area contributed by atoms with Crippen LogP contribution in [0.2, 0.25) is 0 Å². The summed E-state index contributed by atoms with van der Waals surface area (Å²) in [5, 5.41) is 10.9. The second-order valence-corrected chi connectivity index (χ2v) is 2.91. The number of nitro groups is 1. The zero-order valence-electron chi connectivity index (χ0n) is 6.45. The van der Waals surface area contributed by atoms with Crippen LogP contribution in [0.5, 0.6) is 0 Å². The van der Waals surface area contributed by atoms with Crippen molar-refractivity contribution in [3.05, 3.63) is 33.6 Å². The monoisotopic (exact) mass is 230 g/mol. The average molecular weight is 231 g/mol. The van der Waals surface area contributed by atoms with Gasteiger partial charge in [-0.25, -0.2) is 0 Å². The number of alkyl halides is 1. The molecule has 0 amide bonds.